The number of rotatable bonds is 4. The number of pyridine rings is 2. The number of anilines is 1. The minimum Gasteiger partial charge on any atom is -0.388 e. The van der Waals surface area contributed by atoms with Gasteiger partial charge in [0.2, 0.25) is 0 Å². The number of hydrogen-bond acceptors (Lipinski definition) is 6. The topological polar surface area (TPSA) is 99.1 Å². The van der Waals surface area contributed by atoms with Crippen LogP contribution >= 0.6 is 0 Å². The molecule has 0 saturated carbocycles. The number of nitrogens with zero attached hydrogens (tertiary/aromatic N) is 4. The monoisotopic (exact) mass is 341 g/mol. The van der Waals surface area contributed by atoms with Gasteiger partial charge in [-0.05, 0) is 18.6 Å². The van der Waals surface area contributed by atoms with Crippen molar-refractivity contribution < 1.29 is 9.84 Å². The van der Waals surface area contributed by atoms with Gasteiger partial charge in [0.1, 0.15) is 22.4 Å². The van der Waals surface area contributed by atoms with Gasteiger partial charge in [-0.15, -0.1) is 0 Å². The zero-order valence-corrected chi connectivity index (χ0v) is 14.4. The van der Waals surface area contributed by atoms with Gasteiger partial charge in [0, 0.05) is 38.7 Å². The fourth-order valence-corrected chi connectivity index (χ4v) is 3.56. The molecule has 132 valence electrons. The normalized spacial score (nSPS) is 17.4. The smallest absolute Gasteiger partial charge is 0.152 e. The molecule has 0 atom stereocenters. The quantitative estimate of drug-likeness (QED) is 0.753. The molecule has 1 fully saturated rings. The van der Waals surface area contributed by atoms with Crippen LogP contribution in [0.3, 0.4) is 0 Å². The van der Waals surface area contributed by atoms with Crippen LogP contribution in [-0.4, -0.2) is 43.4 Å². The highest BCUT2D eigenvalue weighted by atomic mass is 16.5. The molecule has 0 amide bonds. The summed E-state index contributed by atoms with van der Waals surface area (Å²) in [6.07, 6.45) is 4.76. The number of hydrogen-bond donors (Lipinski definition) is 2. The van der Waals surface area contributed by atoms with Crippen LogP contribution in [0, 0.1) is 0 Å². The molecule has 0 unspecified atom stereocenters. The summed E-state index contributed by atoms with van der Waals surface area (Å²) >= 11 is 0. The van der Waals surface area contributed by atoms with E-state index in [1.165, 1.54) is 0 Å². The van der Waals surface area contributed by atoms with Crippen LogP contribution in [0.15, 0.2) is 18.3 Å². The third-order valence-corrected chi connectivity index (χ3v) is 4.89. The van der Waals surface area contributed by atoms with E-state index in [0.29, 0.717) is 43.9 Å². The Labute approximate surface area is 145 Å². The van der Waals surface area contributed by atoms with Gasteiger partial charge in [0.15, 0.2) is 5.82 Å². The maximum atomic E-state index is 11.0. The van der Waals surface area contributed by atoms with Crippen molar-refractivity contribution in [1.29, 1.82) is 0 Å². The van der Waals surface area contributed by atoms with Crippen LogP contribution in [0.2, 0.25) is 0 Å². The fraction of sp³-hybridized carbons (Fsp3) is 0.500. The van der Waals surface area contributed by atoms with E-state index in [2.05, 4.69) is 21.5 Å². The van der Waals surface area contributed by atoms with Crippen LogP contribution in [0.5, 0.6) is 0 Å². The molecular weight excluding hydrogens is 318 g/mol. The fourth-order valence-electron chi connectivity index (χ4n) is 3.56. The van der Waals surface area contributed by atoms with Gasteiger partial charge in [0.05, 0.1) is 17.7 Å². The summed E-state index contributed by atoms with van der Waals surface area (Å²) in [5.74, 6) is 1.33. The summed E-state index contributed by atoms with van der Waals surface area (Å²) in [5, 5.41) is 11.0. The van der Waals surface area contributed by atoms with E-state index in [1.54, 1.807) is 6.20 Å². The Morgan fingerprint density at radius 1 is 1.28 bits per heavy atom. The van der Waals surface area contributed by atoms with Crippen molar-refractivity contribution >= 4 is 27.9 Å². The number of nitrogens with two attached hydrogens (primary N) is 1. The summed E-state index contributed by atoms with van der Waals surface area (Å²) in [7, 11) is 0. The highest BCUT2D eigenvalue weighted by Gasteiger charge is 2.32. The van der Waals surface area contributed by atoms with E-state index in [4.69, 9.17) is 15.5 Å². The third kappa shape index (κ3) is 2.83. The number of imidazole rings is 1. The lowest BCUT2D eigenvalue weighted by Gasteiger charge is -2.33. The molecule has 7 nitrogen and oxygen atoms in total. The average Bonchev–Trinajstić information content (AvgIpc) is 2.95. The van der Waals surface area contributed by atoms with E-state index < -0.39 is 5.60 Å². The first-order chi connectivity index (χ1) is 12.1. The molecule has 4 heterocycles. The van der Waals surface area contributed by atoms with E-state index in [0.717, 1.165) is 35.2 Å². The van der Waals surface area contributed by atoms with Gasteiger partial charge in [-0.3, -0.25) is 4.98 Å². The van der Waals surface area contributed by atoms with Crippen LogP contribution in [-0.2, 0) is 17.7 Å². The minimum atomic E-state index is -0.798. The second kappa shape index (κ2) is 6.24. The van der Waals surface area contributed by atoms with Crippen molar-refractivity contribution in [3.63, 3.8) is 0 Å². The number of aryl methyl sites for hydroxylation is 1. The van der Waals surface area contributed by atoms with Crippen LogP contribution in [0.4, 0.5) is 5.82 Å². The summed E-state index contributed by atoms with van der Waals surface area (Å²) in [6.45, 7) is 3.74. The largest absolute Gasteiger partial charge is 0.388 e. The van der Waals surface area contributed by atoms with Gasteiger partial charge in [0.25, 0.3) is 0 Å². The SMILES string of the molecule is CCCc1nc2c(N)nc3cccnc3c2n1CC1(O)CCOCC1. The summed E-state index contributed by atoms with van der Waals surface area (Å²) in [6, 6.07) is 3.75. The molecular formula is C18H23N5O2. The molecule has 1 aliphatic rings. The Bertz CT molecular complexity index is 915. The third-order valence-electron chi connectivity index (χ3n) is 4.89. The molecule has 0 radical (unpaired) electrons. The number of ether oxygens (including phenoxy) is 1. The zero-order valence-electron chi connectivity index (χ0n) is 14.4. The number of nitrogen functional groups attached to an aromatic ring is 1. The first kappa shape index (κ1) is 16.2. The maximum Gasteiger partial charge on any atom is 0.152 e. The molecule has 0 aromatic carbocycles. The summed E-state index contributed by atoms with van der Waals surface area (Å²) in [4.78, 5) is 13.7. The highest BCUT2D eigenvalue weighted by molar-refractivity contribution is 6.04. The van der Waals surface area contributed by atoms with Crippen molar-refractivity contribution in [3.8, 4) is 0 Å². The van der Waals surface area contributed by atoms with Gasteiger partial charge in [-0.2, -0.15) is 0 Å². The van der Waals surface area contributed by atoms with Crippen molar-refractivity contribution in [2.45, 2.75) is 44.8 Å². The Kier molecular flexibility index (Phi) is 4.05. The van der Waals surface area contributed by atoms with Crippen LogP contribution in [0.25, 0.3) is 22.1 Å². The predicted molar refractivity (Wildman–Crippen MR) is 96.2 cm³/mol. The van der Waals surface area contributed by atoms with Crippen LogP contribution in [0.1, 0.15) is 32.0 Å². The molecule has 3 aromatic heterocycles. The molecule has 0 aliphatic carbocycles. The van der Waals surface area contributed by atoms with Crippen molar-refractivity contribution in [1.82, 2.24) is 19.5 Å². The average molecular weight is 341 g/mol. The van der Waals surface area contributed by atoms with Crippen molar-refractivity contribution in [2.75, 3.05) is 18.9 Å². The Balaban J connectivity index is 1.94. The second-order valence-corrected chi connectivity index (χ2v) is 6.77. The second-order valence-electron chi connectivity index (χ2n) is 6.77. The lowest BCUT2D eigenvalue weighted by molar-refractivity contribution is -0.0725. The first-order valence-electron chi connectivity index (χ1n) is 8.81. The number of aliphatic hydroxyl groups is 1. The lowest BCUT2D eigenvalue weighted by Crippen LogP contribution is -2.40. The molecule has 0 bridgehead atoms. The molecule has 3 N–H and O–H groups in total. The summed E-state index contributed by atoms with van der Waals surface area (Å²) in [5.41, 5.74) is 8.43. The van der Waals surface area contributed by atoms with E-state index in [-0.39, 0.29) is 0 Å². The molecule has 3 aromatic rings. The van der Waals surface area contributed by atoms with Gasteiger partial charge >= 0.3 is 0 Å². The van der Waals surface area contributed by atoms with Gasteiger partial charge in [-0.1, -0.05) is 6.92 Å². The Morgan fingerprint density at radius 2 is 2.08 bits per heavy atom. The van der Waals surface area contributed by atoms with E-state index in [9.17, 15) is 5.11 Å². The highest BCUT2D eigenvalue weighted by Crippen LogP contribution is 2.31. The standard InChI is InChI=1S/C18H23N5O2/c1-2-4-13-22-15-16(14-12(21-17(15)19)5-3-8-20-14)23(13)11-18(24)6-9-25-10-7-18/h3,5,8,24H,2,4,6-7,9-11H2,1H3,(H2,19,21). The number of aromatic nitrogens is 4. The van der Waals surface area contributed by atoms with Crippen molar-refractivity contribution in [2.24, 2.45) is 0 Å². The summed E-state index contributed by atoms with van der Waals surface area (Å²) < 4.78 is 7.51. The van der Waals surface area contributed by atoms with Gasteiger partial charge in [-0.25, -0.2) is 9.97 Å². The molecule has 1 saturated heterocycles. The molecule has 4 rings (SSSR count). The lowest BCUT2D eigenvalue weighted by atomic mass is 9.94. The molecule has 1 aliphatic heterocycles. The van der Waals surface area contributed by atoms with E-state index in [1.807, 2.05) is 12.1 Å². The van der Waals surface area contributed by atoms with Crippen LogP contribution < -0.4 is 5.73 Å². The Morgan fingerprint density at radius 3 is 2.84 bits per heavy atom. The first-order valence-corrected chi connectivity index (χ1v) is 8.81. The maximum absolute atomic E-state index is 11.0. The molecule has 0 spiro atoms. The van der Waals surface area contributed by atoms with E-state index >= 15 is 0 Å². The minimum absolute atomic E-state index is 0.408. The molecule has 25 heavy (non-hydrogen) atoms. The predicted octanol–water partition coefficient (Wildman–Crippen LogP) is 2.06. The zero-order chi connectivity index (χ0) is 17.4. The van der Waals surface area contributed by atoms with Gasteiger partial charge < -0.3 is 20.1 Å². The van der Waals surface area contributed by atoms with Crippen molar-refractivity contribution in [3.05, 3.63) is 24.2 Å². The molecule has 7 heteroatoms. The Hall–Kier alpha value is -2.25. The number of fused-ring (bicyclic) bond motifs is 3.